The number of thiophene rings is 1. The molecule has 1 aliphatic rings. The number of hydrogen-bond donors (Lipinski definition) is 1. The van der Waals surface area contributed by atoms with E-state index in [0.29, 0.717) is 24.6 Å². The Labute approximate surface area is 173 Å². The number of aromatic nitrogens is 2. The van der Waals surface area contributed by atoms with Crippen LogP contribution in [-0.4, -0.2) is 54.2 Å². The number of carbonyl (C=O) groups is 1. The second kappa shape index (κ2) is 8.34. The molecule has 1 fully saturated rings. The lowest BCUT2D eigenvalue weighted by atomic mass is 10.1. The van der Waals surface area contributed by atoms with Crippen LogP contribution >= 0.6 is 11.3 Å². The third-order valence-electron chi connectivity index (χ3n) is 5.29. The van der Waals surface area contributed by atoms with Crippen molar-refractivity contribution in [1.82, 2.24) is 14.9 Å². The van der Waals surface area contributed by atoms with Crippen LogP contribution in [-0.2, 0) is 11.3 Å². The minimum atomic E-state index is 0.0137. The molecule has 152 valence electrons. The van der Waals surface area contributed by atoms with Gasteiger partial charge in [-0.05, 0) is 36.6 Å². The molecule has 3 aromatic rings. The van der Waals surface area contributed by atoms with Gasteiger partial charge in [-0.2, -0.15) is 0 Å². The van der Waals surface area contributed by atoms with Gasteiger partial charge in [-0.1, -0.05) is 12.1 Å². The Kier molecular flexibility index (Phi) is 5.64. The number of likely N-dealkylation sites (N-methyl/N-ethyl adjacent to an activating group) is 1. The zero-order valence-corrected chi connectivity index (χ0v) is 17.6. The molecule has 0 bridgehead atoms. The molecule has 8 heteroatoms. The van der Waals surface area contributed by atoms with E-state index in [2.05, 4.69) is 15.3 Å². The Hall–Kier alpha value is -2.71. The molecule has 1 saturated heterocycles. The Morgan fingerprint density at radius 3 is 3.03 bits per heavy atom. The van der Waals surface area contributed by atoms with E-state index in [-0.39, 0.29) is 11.9 Å². The summed E-state index contributed by atoms with van der Waals surface area (Å²) in [4.78, 5) is 25.2. The normalized spacial score (nSPS) is 16.2. The average molecular weight is 413 g/mol. The van der Waals surface area contributed by atoms with E-state index in [1.807, 2.05) is 38.2 Å². The van der Waals surface area contributed by atoms with E-state index < -0.39 is 0 Å². The summed E-state index contributed by atoms with van der Waals surface area (Å²) in [7, 11) is 3.50. The topological polar surface area (TPSA) is 76.6 Å². The molecule has 7 nitrogen and oxygen atoms in total. The van der Waals surface area contributed by atoms with Gasteiger partial charge in [0.2, 0.25) is 0 Å². The summed E-state index contributed by atoms with van der Waals surface area (Å²) in [6.45, 7) is 3.86. The third kappa shape index (κ3) is 3.90. The summed E-state index contributed by atoms with van der Waals surface area (Å²) in [5.74, 6) is 1.56. The number of anilines is 1. The summed E-state index contributed by atoms with van der Waals surface area (Å²) in [5, 5.41) is 4.29. The number of methoxy groups -OCH3 is 1. The highest BCUT2D eigenvalue weighted by Crippen LogP contribution is 2.34. The Morgan fingerprint density at radius 2 is 2.28 bits per heavy atom. The lowest BCUT2D eigenvalue weighted by molar-refractivity contribution is 0.0715. The van der Waals surface area contributed by atoms with Crippen molar-refractivity contribution < 1.29 is 14.3 Å². The molecule has 1 aliphatic heterocycles. The first-order valence-electron chi connectivity index (χ1n) is 9.54. The van der Waals surface area contributed by atoms with Crippen LogP contribution in [0.5, 0.6) is 5.75 Å². The Balaban J connectivity index is 1.60. The first-order valence-corrected chi connectivity index (χ1v) is 10.4. The van der Waals surface area contributed by atoms with Crippen LogP contribution in [0.2, 0.25) is 0 Å². The van der Waals surface area contributed by atoms with Gasteiger partial charge in [-0.15, -0.1) is 11.3 Å². The predicted molar refractivity (Wildman–Crippen MR) is 114 cm³/mol. The molecule has 2 aromatic heterocycles. The van der Waals surface area contributed by atoms with Gasteiger partial charge in [0.1, 0.15) is 22.7 Å². The van der Waals surface area contributed by atoms with Gasteiger partial charge in [0.15, 0.2) is 0 Å². The van der Waals surface area contributed by atoms with Crippen LogP contribution in [0.4, 0.5) is 5.82 Å². The number of rotatable bonds is 6. The molecule has 1 atom stereocenters. The van der Waals surface area contributed by atoms with Gasteiger partial charge >= 0.3 is 0 Å². The molecule has 1 amide bonds. The van der Waals surface area contributed by atoms with Gasteiger partial charge in [0.25, 0.3) is 5.91 Å². The number of benzene rings is 1. The summed E-state index contributed by atoms with van der Waals surface area (Å²) in [6.07, 6.45) is 2.41. The summed E-state index contributed by atoms with van der Waals surface area (Å²) < 4.78 is 10.7. The van der Waals surface area contributed by atoms with Crippen molar-refractivity contribution in [3.8, 4) is 5.75 Å². The molecule has 29 heavy (non-hydrogen) atoms. The van der Waals surface area contributed by atoms with Crippen LogP contribution in [0.25, 0.3) is 10.2 Å². The molecular weight excluding hydrogens is 388 g/mol. The van der Waals surface area contributed by atoms with Crippen molar-refractivity contribution in [2.75, 3.05) is 32.7 Å². The average Bonchev–Trinajstić information content (AvgIpc) is 3.40. The minimum absolute atomic E-state index is 0.0137. The third-order valence-corrected chi connectivity index (χ3v) is 6.48. The fourth-order valence-electron chi connectivity index (χ4n) is 3.53. The highest BCUT2D eigenvalue weighted by atomic mass is 32.1. The standard InChI is InChI=1S/C21H24N4O3S/c1-13-17-19(22-10-14-5-4-6-16(9-14)27-3)23-12-24-20(17)29-18(13)21(26)25(2)15-7-8-28-11-15/h4-6,9,12,15H,7-8,10-11H2,1-3H3,(H,22,23,24). The number of carbonyl (C=O) groups excluding carboxylic acids is 1. The maximum absolute atomic E-state index is 13.1. The maximum Gasteiger partial charge on any atom is 0.264 e. The SMILES string of the molecule is COc1cccc(CNc2ncnc3sc(C(=O)N(C)C4CCOC4)c(C)c23)c1. The number of amides is 1. The second-order valence-electron chi connectivity index (χ2n) is 7.10. The molecule has 0 aliphatic carbocycles. The first kappa shape index (κ1) is 19.6. The minimum Gasteiger partial charge on any atom is -0.497 e. The molecule has 0 radical (unpaired) electrons. The number of nitrogens with one attached hydrogen (secondary N) is 1. The Bertz CT molecular complexity index is 1030. The lowest BCUT2D eigenvalue weighted by Gasteiger charge is -2.22. The first-order chi connectivity index (χ1) is 14.1. The van der Waals surface area contributed by atoms with Gasteiger partial charge in [0, 0.05) is 20.2 Å². The molecule has 0 spiro atoms. The van der Waals surface area contributed by atoms with Crippen molar-refractivity contribution in [2.45, 2.75) is 25.9 Å². The zero-order chi connectivity index (χ0) is 20.4. The number of ether oxygens (including phenoxy) is 2. The monoisotopic (exact) mass is 412 g/mol. The Morgan fingerprint density at radius 1 is 1.41 bits per heavy atom. The largest absolute Gasteiger partial charge is 0.497 e. The summed E-state index contributed by atoms with van der Waals surface area (Å²) >= 11 is 1.42. The molecular formula is C21H24N4O3S. The molecule has 1 aromatic carbocycles. The molecule has 1 N–H and O–H groups in total. The van der Waals surface area contributed by atoms with Crippen LogP contribution in [0, 0.1) is 6.92 Å². The number of nitrogens with zero attached hydrogens (tertiary/aromatic N) is 3. The molecule has 4 rings (SSSR count). The van der Waals surface area contributed by atoms with Crippen LogP contribution in [0.3, 0.4) is 0 Å². The highest BCUT2D eigenvalue weighted by Gasteiger charge is 2.28. The van der Waals surface area contributed by atoms with Crippen LogP contribution in [0.1, 0.15) is 27.2 Å². The van der Waals surface area contributed by atoms with E-state index in [0.717, 1.165) is 39.3 Å². The summed E-state index contributed by atoms with van der Waals surface area (Å²) in [6, 6.07) is 8.02. The van der Waals surface area contributed by atoms with Gasteiger partial charge in [0.05, 0.1) is 30.0 Å². The van der Waals surface area contributed by atoms with E-state index in [1.165, 1.54) is 17.7 Å². The van der Waals surface area contributed by atoms with Crippen LogP contribution < -0.4 is 10.1 Å². The molecule has 1 unspecified atom stereocenters. The van der Waals surface area contributed by atoms with E-state index in [1.54, 1.807) is 12.0 Å². The van der Waals surface area contributed by atoms with Crippen LogP contribution in [0.15, 0.2) is 30.6 Å². The second-order valence-corrected chi connectivity index (χ2v) is 8.10. The van der Waals surface area contributed by atoms with E-state index in [4.69, 9.17) is 9.47 Å². The number of hydrogen-bond acceptors (Lipinski definition) is 7. The fraction of sp³-hybridized carbons (Fsp3) is 0.381. The zero-order valence-electron chi connectivity index (χ0n) is 16.8. The van der Waals surface area contributed by atoms with Crippen molar-refractivity contribution in [3.63, 3.8) is 0 Å². The van der Waals surface area contributed by atoms with Crippen molar-refractivity contribution >= 4 is 33.3 Å². The fourth-order valence-corrected chi connectivity index (χ4v) is 4.66. The number of aryl methyl sites for hydroxylation is 1. The highest BCUT2D eigenvalue weighted by molar-refractivity contribution is 7.20. The van der Waals surface area contributed by atoms with E-state index >= 15 is 0 Å². The molecule has 0 saturated carbocycles. The summed E-state index contributed by atoms with van der Waals surface area (Å²) in [5.41, 5.74) is 2.00. The van der Waals surface area contributed by atoms with Gasteiger partial charge in [-0.25, -0.2) is 9.97 Å². The van der Waals surface area contributed by atoms with Gasteiger partial charge in [-0.3, -0.25) is 4.79 Å². The van der Waals surface area contributed by atoms with Crippen molar-refractivity contribution in [3.05, 3.63) is 46.6 Å². The molecule has 3 heterocycles. The van der Waals surface area contributed by atoms with Crippen molar-refractivity contribution in [1.29, 1.82) is 0 Å². The van der Waals surface area contributed by atoms with Crippen molar-refractivity contribution in [2.24, 2.45) is 0 Å². The van der Waals surface area contributed by atoms with Gasteiger partial charge < -0.3 is 19.7 Å². The quantitative estimate of drug-likeness (QED) is 0.668. The number of fused-ring (bicyclic) bond motifs is 1. The van der Waals surface area contributed by atoms with E-state index in [9.17, 15) is 4.79 Å². The predicted octanol–water partition coefficient (Wildman–Crippen LogP) is 3.48. The maximum atomic E-state index is 13.1. The smallest absolute Gasteiger partial charge is 0.264 e. The lowest BCUT2D eigenvalue weighted by Crippen LogP contribution is -2.37.